The Bertz CT molecular complexity index is 3540. The quantitative estimate of drug-likeness (QED) is 0.167. The van der Waals surface area contributed by atoms with Crippen molar-refractivity contribution in [2.45, 2.75) is 25.7 Å². The molecule has 1 aliphatic carbocycles. The Kier molecular flexibility index (Phi) is 8.75. The van der Waals surface area contributed by atoms with Gasteiger partial charge in [-0.05, 0) is 153 Å². The second-order valence-electron chi connectivity index (χ2n) is 17.9. The molecule has 0 N–H and O–H groups in total. The first-order valence-electron chi connectivity index (χ1n) is 22.9. The second kappa shape index (κ2) is 15.1. The van der Waals surface area contributed by atoms with E-state index in [4.69, 9.17) is 0 Å². The Balaban J connectivity index is 1.00. The van der Waals surface area contributed by atoms with Crippen LogP contribution in [0.25, 0.3) is 111 Å². The zero-order chi connectivity index (χ0) is 43.9. The lowest BCUT2D eigenvalue weighted by Gasteiger charge is -2.32. The van der Waals surface area contributed by atoms with E-state index >= 15 is 0 Å². The lowest BCUT2D eigenvalue weighted by molar-refractivity contribution is 0.617. The van der Waals surface area contributed by atoms with Crippen molar-refractivity contribution >= 4 is 43.6 Å². The molecule has 13 rings (SSSR count). The highest BCUT2D eigenvalue weighted by Gasteiger charge is 2.31. The molecular formula is C62H44N4. The fourth-order valence-corrected chi connectivity index (χ4v) is 10.7. The summed E-state index contributed by atoms with van der Waals surface area (Å²) in [7, 11) is 0. The van der Waals surface area contributed by atoms with Gasteiger partial charge in [-0.3, -0.25) is 9.97 Å². The van der Waals surface area contributed by atoms with Crippen LogP contribution in [-0.2, 0) is 0 Å². The Morgan fingerprint density at radius 3 is 1.08 bits per heavy atom. The number of nitrogens with zero attached hydrogens (tertiary/aromatic N) is 4. The van der Waals surface area contributed by atoms with Crippen LogP contribution in [0, 0.1) is 0 Å². The molecule has 0 saturated heterocycles. The smallest absolute Gasteiger partial charge is 0.0701 e. The Morgan fingerprint density at radius 2 is 0.682 bits per heavy atom. The van der Waals surface area contributed by atoms with Crippen LogP contribution in [0.5, 0.6) is 0 Å². The summed E-state index contributed by atoms with van der Waals surface area (Å²) in [4.78, 5) is 9.16. The molecule has 12 aromatic rings. The number of benzene rings is 8. The van der Waals surface area contributed by atoms with Gasteiger partial charge in [0.05, 0.1) is 33.5 Å². The van der Waals surface area contributed by atoms with Gasteiger partial charge in [0.2, 0.25) is 0 Å². The van der Waals surface area contributed by atoms with E-state index in [0.717, 1.165) is 33.9 Å². The molecule has 4 heteroatoms. The predicted octanol–water partition coefficient (Wildman–Crippen LogP) is 16.2. The van der Waals surface area contributed by atoms with Crippen LogP contribution in [0.1, 0.15) is 36.8 Å². The zero-order valence-electron chi connectivity index (χ0n) is 36.7. The van der Waals surface area contributed by atoms with Crippen LogP contribution in [0.3, 0.4) is 0 Å². The topological polar surface area (TPSA) is 35.6 Å². The van der Waals surface area contributed by atoms with E-state index in [1.54, 1.807) is 0 Å². The van der Waals surface area contributed by atoms with Crippen LogP contribution in [0.15, 0.2) is 219 Å². The zero-order valence-corrected chi connectivity index (χ0v) is 36.7. The first-order valence-corrected chi connectivity index (χ1v) is 22.9. The molecule has 8 aromatic carbocycles. The molecule has 4 heterocycles. The molecule has 0 aliphatic heterocycles. The van der Waals surface area contributed by atoms with Gasteiger partial charge in [0, 0.05) is 56.4 Å². The SMILES string of the molecule is CC1c2cc3c4cc(-c5ccc(-c6ccccn6)cc5)ccc4n(-c4ccccc4)c3cc2-c2cc3c(cc2C1C)c1cc(-c2ccc(-c4ccccn4)cc2)ccc1n3-c1ccccc1. The fraction of sp³-hybridized carbons (Fsp3) is 0.0645. The summed E-state index contributed by atoms with van der Waals surface area (Å²) in [5, 5.41) is 5.08. The summed E-state index contributed by atoms with van der Waals surface area (Å²) >= 11 is 0. The van der Waals surface area contributed by atoms with Crippen LogP contribution in [0.2, 0.25) is 0 Å². The summed E-state index contributed by atoms with van der Waals surface area (Å²) < 4.78 is 4.93. The molecule has 0 bridgehead atoms. The summed E-state index contributed by atoms with van der Waals surface area (Å²) in [6.45, 7) is 4.85. The summed E-state index contributed by atoms with van der Waals surface area (Å²) in [6.07, 6.45) is 3.70. The van der Waals surface area contributed by atoms with E-state index in [1.807, 2.05) is 36.7 Å². The highest BCUT2D eigenvalue weighted by atomic mass is 15.0. The summed E-state index contributed by atoms with van der Waals surface area (Å²) in [5.74, 6) is 0.616. The van der Waals surface area contributed by atoms with Crippen molar-refractivity contribution in [1.29, 1.82) is 0 Å². The Hall–Kier alpha value is -8.34. The molecule has 66 heavy (non-hydrogen) atoms. The van der Waals surface area contributed by atoms with E-state index in [2.05, 4.69) is 215 Å². The van der Waals surface area contributed by atoms with Gasteiger partial charge in [-0.1, -0.05) is 123 Å². The van der Waals surface area contributed by atoms with Crippen molar-refractivity contribution in [2.24, 2.45) is 0 Å². The number of hydrogen-bond acceptors (Lipinski definition) is 2. The van der Waals surface area contributed by atoms with E-state index in [0.29, 0.717) is 11.8 Å². The summed E-state index contributed by atoms with van der Waals surface area (Å²) in [5.41, 5.74) is 21.6. The van der Waals surface area contributed by atoms with Gasteiger partial charge in [0.1, 0.15) is 0 Å². The second-order valence-corrected chi connectivity index (χ2v) is 17.9. The maximum Gasteiger partial charge on any atom is 0.0701 e. The minimum Gasteiger partial charge on any atom is -0.309 e. The molecule has 0 saturated carbocycles. The molecule has 2 atom stereocenters. The highest BCUT2D eigenvalue weighted by Crippen LogP contribution is 2.51. The third kappa shape index (κ3) is 6.06. The first-order chi connectivity index (χ1) is 32.6. The number of pyridine rings is 2. The van der Waals surface area contributed by atoms with Crippen LogP contribution in [-0.4, -0.2) is 19.1 Å². The molecule has 4 nitrogen and oxygen atoms in total. The van der Waals surface area contributed by atoms with Crippen molar-refractivity contribution in [2.75, 3.05) is 0 Å². The van der Waals surface area contributed by atoms with Gasteiger partial charge in [0.15, 0.2) is 0 Å². The molecule has 1 aliphatic rings. The number of rotatable bonds is 6. The van der Waals surface area contributed by atoms with Crippen LogP contribution >= 0.6 is 0 Å². The maximum absolute atomic E-state index is 4.58. The molecular weight excluding hydrogens is 801 g/mol. The van der Waals surface area contributed by atoms with Crippen molar-refractivity contribution in [1.82, 2.24) is 19.1 Å². The third-order valence-electron chi connectivity index (χ3n) is 14.3. The Morgan fingerprint density at radius 1 is 0.318 bits per heavy atom. The van der Waals surface area contributed by atoms with Crippen molar-refractivity contribution < 1.29 is 0 Å². The average Bonchev–Trinajstić information content (AvgIpc) is 3.89. The van der Waals surface area contributed by atoms with Crippen molar-refractivity contribution in [3.05, 3.63) is 230 Å². The average molecular weight is 845 g/mol. The molecule has 4 aromatic heterocycles. The molecule has 0 fully saturated rings. The standard InChI is InChI=1S/C62H44N4/c1-39-40(2)50-36-56-54-34-46(42-21-25-44(26-22-42)58-18-10-12-32-64-58)28-30-60(54)66(48-15-7-4-8-16-48)62(56)38-52(50)51-37-61-55(35-49(39)51)53-33-45(27-29-59(53)65(61)47-13-5-3-6-14-47)41-19-23-43(24-20-41)57-17-9-11-31-63-57/h3-40H,1-2H3. The fourth-order valence-electron chi connectivity index (χ4n) is 10.7. The first kappa shape index (κ1) is 38.1. The molecule has 0 spiro atoms. The van der Waals surface area contributed by atoms with Gasteiger partial charge >= 0.3 is 0 Å². The van der Waals surface area contributed by atoms with Gasteiger partial charge in [-0.15, -0.1) is 0 Å². The molecule has 312 valence electrons. The molecule has 2 unspecified atom stereocenters. The van der Waals surface area contributed by atoms with Gasteiger partial charge in [-0.25, -0.2) is 0 Å². The van der Waals surface area contributed by atoms with Crippen LogP contribution < -0.4 is 0 Å². The highest BCUT2D eigenvalue weighted by molar-refractivity contribution is 6.14. The number of aromatic nitrogens is 4. The normalized spacial score (nSPS) is 14.5. The van der Waals surface area contributed by atoms with E-state index < -0.39 is 0 Å². The number of hydrogen-bond donors (Lipinski definition) is 0. The van der Waals surface area contributed by atoms with E-state index in [1.165, 1.54) is 88.1 Å². The number of para-hydroxylation sites is 2. The van der Waals surface area contributed by atoms with Crippen molar-refractivity contribution in [3.63, 3.8) is 0 Å². The monoisotopic (exact) mass is 844 g/mol. The Labute approximate surface area is 383 Å². The van der Waals surface area contributed by atoms with E-state index in [9.17, 15) is 0 Å². The van der Waals surface area contributed by atoms with Gasteiger partial charge in [-0.2, -0.15) is 0 Å². The van der Waals surface area contributed by atoms with E-state index in [-0.39, 0.29) is 0 Å². The largest absolute Gasteiger partial charge is 0.309 e. The maximum atomic E-state index is 4.58. The minimum absolute atomic E-state index is 0.308. The minimum atomic E-state index is 0.308. The lowest BCUT2D eigenvalue weighted by atomic mass is 9.72. The number of fused-ring (bicyclic) bond motifs is 9. The predicted molar refractivity (Wildman–Crippen MR) is 275 cm³/mol. The van der Waals surface area contributed by atoms with Crippen LogP contribution in [0.4, 0.5) is 0 Å². The molecule has 0 amide bonds. The molecule has 0 radical (unpaired) electrons. The van der Waals surface area contributed by atoms with Gasteiger partial charge in [0.25, 0.3) is 0 Å². The van der Waals surface area contributed by atoms with Gasteiger partial charge < -0.3 is 9.13 Å². The third-order valence-corrected chi connectivity index (χ3v) is 14.3. The summed E-state index contributed by atoms with van der Waals surface area (Å²) in [6, 6.07) is 75.4. The van der Waals surface area contributed by atoms with Crippen molar-refractivity contribution in [3.8, 4) is 67.3 Å². The lowest BCUT2D eigenvalue weighted by Crippen LogP contribution is -2.13.